The first-order chi connectivity index (χ1) is 8.26. The molecule has 102 valence electrons. The van der Waals surface area contributed by atoms with Crippen LogP contribution in [0.15, 0.2) is 12.7 Å². The lowest BCUT2D eigenvalue weighted by molar-refractivity contribution is -0.160. The first-order valence-corrected chi connectivity index (χ1v) is 6.05. The minimum absolute atomic E-state index is 0.192. The van der Waals surface area contributed by atoms with E-state index < -0.39 is 23.7 Å². The van der Waals surface area contributed by atoms with E-state index in [0.29, 0.717) is 6.42 Å². The van der Waals surface area contributed by atoms with E-state index in [9.17, 15) is 9.59 Å². The van der Waals surface area contributed by atoms with Crippen LogP contribution >= 0.6 is 0 Å². The Morgan fingerprint density at radius 2 is 2.22 bits per heavy atom. The van der Waals surface area contributed by atoms with E-state index >= 15 is 0 Å². The van der Waals surface area contributed by atoms with Crippen LogP contribution in [0.25, 0.3) is 0 Å². The summed E-state index contributed by atoms with van der Waals surface area (Å²) in [6.07, 6.45) is 1.47. The summed E-state index contributed by atoms with van der Waals surface area (Å²) in [6.45, 7) is 11.0. The highest BCUT2D eigenvalue weighted by atomic mass is 16.6. The van der Waals surface area contributed by atoms with E-state index in [2.05, 4.69) is 6.58 Å². The third-order valence-corrected chi connectivity index (χ3v) is 2.54. The molecule has 1 saturated heterocycles. The van der Waals surface area contributed by atoms with Crippen LogP contribution in [-0.4, -0.2) is 41.3 Å². The number of hydrogen-bond donors (Lipinski definition) is 0. The summed E-state index contributed by atoms with van der Waals surface area (Å²) in [5, 5.41) is 0. The van der Waals surface area contributed by atoms with Gasteiger partial charge in [0.05, 0.1) is 6.04 Å². The van der Waals surface area contributed by atoms with E-state index in [0.717, 1.165) is 0 Å². The van der Waals surface area contributed by atoms with Crippen molar-refractivity contribution in [2.24, 2.45) is 0 Å². The zero-order valence-corrected chi connectivity index (χ0v) is 11.4. The molecule has 0 aromatic rings. The molecule has 1 fully saturated rings. The molecule has 0 aromatic carbocycles. The molecule has 1 aliphatic rings. The number of carbonyl (C=O) groups excluding carboxylic acids is 2. The average Bonchev–Trinajstić information content (AvgIpc) is 2.21. The van der Waals surface area contributed by atoms with Crippen molar-refractivity contribution in [2.75, 3.05) is 6.61 Å². The summed E-state index contributed by atoms with van der Waals surface area (Å²) in [4.78, 5) is 25.3. The second-order valence-electron chi connectivity index (χ2n) is 5.41. The number of carbonyl (C=O) groups is 2. The van der Waals surface area contributed by atoms with Crippen LogP contribution in [0.2, 0.25) is 0 Å². The molecule has 1 rings (SSSR count). The third kappa shape index (κ3) is 3.48. The highest BCUT2D eigenvalue weighted by molar-refractivity contribution is 5.83. The smallest absolute Gasteiger partial charge is 0.411 e. The zero-order valence-electron chi connectivity index (χ0n) is 11.4. The topological polar surface area (TPSA) is 55.8 Å². The Kier molecular flexibility index (Phi) is 4.38. The molecule has 2 atom stereocenters. The molecule has 0 aromatic heterocycles. The number of morpholine rings is 1. The van der Waals surface area contributed by atoms with Gasteiger partial charge in [0.1, 0.15) is 18.2 Å². The van der Waals surface area contributed by atoms with Gasteiger partial charge in [-0.15, -0.1) is 6.58 Å². The summed E-state index contributed by atoms with van der Waals surface area (Å²) in [6, 6.07) is -0.830. The van der Waals surface area contributed by atoms with Crippen LogP contribution < -0.4 is 0 Å². The van der Waals surface area contributed by atoms with Crippen LogP contribution in [0.3, 0.4) is 0 Å². The lowest BCUT2D eigenvalue weighted by Crippen LogP contribution is -2.57. The summed E-state index contributed by atoms with van der Waals surface area (Å²) in [5.74, 6) is -0.404. The van der Waals surface area contributed by atoms with Gasteiger partial charge >= 0.3 is 12.1 Å². The maximum Gasteiger partial charge on any atom is 0.411 e. The van der Waals surface area contributed by atoms with Crippen LogP contribution in [0.4, 0.5) is 4.79 Å². The largest absolute Gasteiger partial charge is 0.462 e. The summed E-state index contributed by atoms with van der Waals surface area (Å²) < 4.78 is 10.3. The standard InChI is InChI=1S/C13H21NO4/c1-6-7-10-11(15)17-8-9(2)14(10)12(16)18-13(3,4)5/h6,9-10H,1,7-8H2,2-5H3/t9-,10-/m0/s1. The van der Waals surface area contributed by atoms with Gasteiger partial charge in [0.15, 0.2) is 0 Å². The number of rotatable bonds is 2. The highest BCUT2D eigenvalue weighted by Gasteiger charge is 2.40. The second kappa shape index (κ2) is 5.42. The van der Waals surface area contributed by atoms with Crippen molar-refractivity contribution in [2.45, 2.75) is 51.8 Å². The minimum Gasteiger partial charge on any atom is -0.462 e. The Bertz CT molecular complexity index is 345. The SMILES string of the molecule is C=CC[C@H]1C(=O)OC[C@H](C)N1C(=O)OC(C)(C)C. The molecule has 0 aliphatic carbocycles. The molecule has 1 aliphatic heterocycles. The van der Waals surface area contributed by atoms with Crippen molar-refractivity contribution in [3.05, 3.63) is 12.7 Å². The van der Waals surface area contributed by atoms with E-state index in [1.807, 2.05) is 6.92 Å². The Morgan fingerprint density at radius 3 is 2.72 bits per heavy atom. The molecule has 0 N–H and O–H groups in total. The molecule has 0 bridgehead atoms. The van der Waals surface area contributed by atoms with Gasteiger partial charge in [0.25, 0.3) is 0 Å². The fraction of sp³-hybridized carbons (Fsp3) is 0.692. The lowest BCUT2D eigenvalue weighted by atomic mass is 10.1. The van der Waals surface area contributed by atoms with Crippen LogP contribution in [0.1, 0.15) is 34.1 Å². The molecule has 5 heteroatoms. The molecular weight excluding hydrogens is 234 g/mol. The quantitative estimate of drug-likeness (QED) is 0.560. The predicted molar refractivity (Wildman–Crippen MR) is 67.1 cm³/mol. The van der Waals surface area contributed by atoms with Crippen LogP contribution in [0.5, 0.6) is 0 Å². The minimum atomic E-state index is -0.638. The molecule has 1 heterocycles. The van der Waals surface area contributed by atoms with Crippen molar-refractivity contribution in [1.82, 2.24) is 4.90 Å². The van der Waals surface area contributed by atoms with Gasteiger partial charge in [-0.3, -0.25) is 4.90 Å². The monoisotopic (exact) mass is 255 g/mol. The molecule has 0 spiro atoms. The third-order valence-electron chi connectivity index (χ3n) is 2.54. The van der Waals surface area contributed by atoms with Crippen LogP contribution in [0, 0.1) is 0 Å². The number of nitrogens with zero attached hydrogens (tertiary/aromatic N) is 1. The molecule has 0 saturated carbocycles. The van der Waals surface area contributed by atoms with Crippen molar-refractivity contribution in [3.8, 4) is 0 Å². The second-order valence-corrected chi connectivity index (χ2v) is 5.41. The maximum absolute atomic E-state index is 12.1. The predicted octanol–water partition coefficient (Wildman–Crippen LogP) is 2.11. The maximum atomic E-state index is 12.1. The highest BCUT2D eigenvalue weighted by Crippen LogP contribution is 2.21. The molecular formula is C13H21NO4. The van der Waals surface area contributed by atoms with Crippen LogP contribution in [-0.2, 0) is 14.3 Å². The fourth-order valence-electron chi connectivity index (χ4n) is 1.79. The molecule has 0 unspecified atom stereocenters. The van der Waals surface area contributed by atoms with Gasteiger partial charge in [0, 0.05) is 0 Å². The normalized spacial score (nSPS) is 24.4. The molecule has 1 amide bonds. The number of esters is 1. The number of amides is 1. The Hall–Kier alpha value is -1.52. The Balaban J connectivity index is 2.88. The van der Waals surface area contributed by atoms with Crippen molar-refractivity contribution in [3.63, 3.8) is 0 Å². The van der Waals surface area contributed by atoms with Gasteiger partial charge < -0.3 is 9.47 Å². The van der Waals surface area contributed by atoms with Gasteiger partial charge in [-0.1, -0.05) is 6.08 Å². The first-order valence-electron chi connectivity index (χ1n) is 6.05. The van der Waals surface area contributed by atoms with Gasteiger partial charge in [-0.25, -0.2) is 9.59 Å². The van der Waals surface area contributed by atoms with E-state index in [4.69, 9.17) is 9.47 Å². The number of hydrogen-bond acceptors (Lipinski definition) is 4. The lowest BCUT2D eigenvalue weighted by Gasteiger charge is -2.39. The molecule has 5 nitrogen and oxygen atoms in total. The van der Waals surface area contributed by atoms with Crippen molar-refractivity contribution >= 4 is 12.1 Å². The zero-order chi connectivity index (χ0) is 13.9. The summed E-state index contributed by atoms with van der Waals surface area (Å²) in [5.41, 5.74) is -0.586. The van der Waals surface area contributed by atoms with Gasteiger partial charge in [0.2, 0.25) is 0 Å². The van der Waals surface area contributed by atoms with E-state index in [1.165, 1.54) is 4.90 Å². The Labute approximate surface area is 108 Å². The van der Waals surface area contributed by atoms with Crippen molar-refractivity contribution < 1.29 is 19.1 Å². The molecule has 0 radical (unpaired) electrons. The van der Waals surface area contributed by atoms with Crippen molar-refractivity contribution in [1.29, 1.82) is 0 Å². The Morgan fingerprint density at radius 1 is 1.61 bits per heavy atom. The first kappa shape index (κ1) is 14.5. The summed E-state index contributed by atoms with van der Waals surface area (Å²) >= 11 is 0. The fourth-order valence-corrected chi connectivity index (χ4v) is 1.79. The number of cyclic esters (lactones) is 1. The average molecular weight is 255 g/mol. The van der Waals surface area contributed by atoms with E-state index in [1.54, 1.807) is 26.8 Å². The van der Waals surface area contributed by atoms with Gasteiger partial charge in [-0.05, 0) is 34.1 Å². The van der Waals surface area contributed by atoms with E-state index in [-0.39, 0.29) is 12.6 Å². The molecule has 18 heavy (non-hydrogen) atoms. The number of ether oxygens (including phenoxy) is 2. The van der Waals surface area contributed by atoms with Gasteiger partial charge in [-0.2, -0.15) is 0 Å². The summed E-state index contributed by atoms with van der Waals surface area (Å²) in [7, 11) is 0.